The van der Waals surface area contributed by atoms with Crippen molar-refractivity contribution in [2.75, 3.05) is 0 Å². The average Bonchev–Trinajstić information content (AvgIpc) is 3.49. The third kappa shape index (κ3) is 3.48. The highest BCUT2D eigenvalue weighted by Gasteiger charge is 2.23. The van der Waals surface area contributed by atoms with Gasteiger partial charge in [0.15, 0.2) is 0 Å². The van der Waals surface area contributed by atoms with E-state index in [4.69, 9.17) is 9.51 Å². The number of rotatable bonds is 5. The van der Waals surface area contributed by atoms with Gasteiger partial charge in [0, 0.05) is 23.6 Å². The number of hydrogen-bond acceptors (Lipinski definition) is 3. The first-order valence-corrected chi connectivity index (χ1v) is 9.56. The molecule has 2 heterocycles. The van der Waals surface area contributed by atoms with Gasteiger partial charge in [0.05, 0.1) is 5.92 Å². The van der Waals surface area contributed by atoms with Crippen molar-refractivity contribution in [3.8, 4) is 17.1 Å². The smallest absolute Gasteiger partial charge is 0.238 e. The van der Waals surface area contributed by atoms with Gasteiger partial charge in [0.25, 0.3) is 0 Å². The van der Waals surface area contributed by atoms with Gasteiger partial charge in [-0.15, -0.1) is 0 Å². The number of benzene rings is 3. The van der Waals surface area contributed by atoms with E-state index in [-0.39, 0.29) is 5.92 Å². The Kier molecular flexibility index (Phi) is 4.51. The zero-order valence-corrected chi connectivity index (χ0v) is 15.7. The monoisotopic (exact) mass is 377 g/mol. The molecule has 0 amide bonds. The number of aromatic nitrogens is 3. The van der Waals surface area contributed by atoms with Crippen LogP contribution in [-0.2, 0) is 0 Å². The van der Waals surface area contributed by atoms with Gasteiger partial charge in [0.2, 0.25) is 11.7 Å². The molecule has 0 aliphatic heterocycles. The zero-order chi connectivity index (χ0) is 19.5. The van der Waals surface area contributed by atoms with Gasteiger partial charge in [-0.2, -0.15) is 4.98 Å². The minimum absolute atomic E-state index is 0.0993. The average molecular weight is 377 g/mol. The van der Waals surface area contributed by atoms with E-state index in [0.29, 0.717) is 11.7 Å². The van der Waals surface area contributed by atoms with Crippen molar-refractivity contribution in [2.24, 2.45) is 0 Å². The van der Waals surface area contributed by atoms with Crippen molar-refractivity contribution in [1.29, 1.82) is 0 Å². The molecule has 0 atom stereocenters. The summed E-state index contributed by atoms with van der Waals surface area (Å²) in [6.45, 7) is 0. The maximum Gasteiger partial charge on any atom is 0.238 e. The molecule has 0 radical (unpaired) electrons. The predicted octanol–water partition coefficient (Wildman–Crippen LogP) is 5.71. The topological polar surface area (TPSA) is 43.9 Å². The zero-order valence-electron chi connectivity index (χ0n) is 15.7. The molecule has 140 valence electrons. The van der Waals surface area contributed by atoms with Crippen LogP contribution in [0.4, 0.5) is 0 Å². The van der Waals surface area contributed by atoms with Crippen molar-refractivity contribution in [3.05, 3.63) is 126 Å². The highest BCUT2D eigenvalue weighted by molar-refractivity contribution is 5.57. The highest BCUT2D eigenvalue weighted by Crippen LogP contribution is 2.32. The molecule has 0 bridgehead atoms. The molecule has 0 spiro atoms. The Hall–Kier alpha value is -3.92. The summed E-state index contributed by atoms with van der Waals surface area (Å²) < 4.78 is 7.79. The van der Waals surface area contributed by atoms with Crippen LogP contribution in [-0.4, -0.2) is 14.7 Å². The minimum Gasteiger partial charge on any atom is -0.338 e. The van der Waals surface area contributed by atoms with Gasteiger partial charge in [-0.1, -0.05) is 65.8 Å². The third-order valence-electron chi connectivity index (χ3n) is 4.98. The summed E-state index contributed by atoms with van der Waals surface area (Å²) in [6, 6.07) is 32.7. The molecule has 0 N–H and O–H groups in total. The molecule has 0 aliphatic rings. The maximum absolute atomic E-state index is 5.73. The second kappa shape index (κ2) is 7.60. The first-order chi connectivity index (χ1) is 14.4. The minimum atomic E-state index is -0.0993. The molecule has 3 aromatic carbocycles. The summed E-state index contributed by atoms with van der Waals surface area (Å²) in [4.78, 5) is 4.74. The van der Waals surface area contributed by atoms with Gasteiger partial charge >= 0.3 is 0 Å². The molecule has 5 rings (SSSR count). The van der Waals surface area contributed by atoms with Crippen molar-refractivity contribution in [3.63, 3.8) is 0 Å². The number of nitrogens with zero attached hydrogens (tertiary/aromatic N) is 3. The molecule has 2 aromatic heterocycles. The summed E-state index contributed by atoms with van der Waals surface area (Å²) in [5.74, 6) is 1.08. The molecule has 0 saturated heterocycles. The normalized spacial score (nSPS) is 11.1. The Morgan fingerprint density at radius 2 is 1.24 bits per heavy atom. The van der Waals surface area contributed by atoms with Gasteiger partial charge in [-0.3, -0.25) is 0 Å². The van der Waals surface area contributed by atoms with E-state index in [0.717, 1.165) is 22.4 Å². The van der Waals surface area contributed by atoms with E-state index in [9.17, 15) is 0 Å². The molecule has 0 fully saturated rings. The molecular weight excluding hydrogens is 358 g/mol. The fraction of sp³-hybridized carbons (Fsp3) is 0.0400. The van der Waals surface area contributed by atoms with Gasteiger partial charge in [0.1, 0.15) is 0 Å². The Morgan fingerprint density at radius 3 is 1.83 bits per heavy atom. The Morgan fingerprint density at radius 1 is 0.655 bits per heavy atom. The van der Waals surface area contributed by atoms with Crippen molar-refractivity contribution < 1.29 is 4.52 Å². The van der Waals surface area contributed by atoms with Crippen molar-refractivity contribution in [1.82, 2.24) is 14.7 Å². The summed E-state index contributed by atoms with van der Waals surface area (Å²) >= 11 is 0. The Bertz CT molecular complexity index is 1140. The summed E-state index contributed by atoms with van der Waals surface area (Å²) in [5.41, 5.74) is 4.26. The predicted molar refractivity (Wildman–Crippen MR) is 113 cm³/mol. The van der Waals surface area contributed by atoms with Crippen molar-refractivity contribution in [2.45, 2.75) is 5.92 Å². The lowest BCUT2D eigenvalue weighted by molar-refractivity contribution is 0.375. The van der Waals surface area contributed by atoms with Crippen LogP contribution in [0, 0.1) is 0 Å². The fourth-order valence-electron chi connectivity index (χ4n) is 3.53. The molecular formula is C25H19N3O. The molecule has 0 unspecified atom stereocenters. The molecule has 0 aliphatic carbocycles. The Balaban J connectivity index is 1.50. The van der Waals surface area contributed by atoms with E-state index in [1.54, 1.807) is 0 Å². The van der Waals surface area contributed by atoms with Crippen LogP contribution < -0.4 is 0 Å². The van der Waals surface area contributed by atoms with Gasteiger partial charge < -0.3 is 9.09 Å². The second-order valence-electron chi connectivity index (χ2n) is 6.85. The van der Waals surface area contributed by atoms with E-state index in [2.05, 4.69) is 46.1 Å². The lowest BCUT2D eigenvalue weighted by Gasteiger charge is -2.13. The maximum atomic E-state index is 5.73. The number of hydrogen-bond donors (Lipinski definition) is 0. The fourth-order valence-corrected chi connectivity index (χ4v) is 3.53. The first kappa shape index (κ1) is 17.2. The van der Waals surface area contributed by atoms with Crippen LogP contribution in [0.2, 0.25) is 0 Å². The van der Waals surface area contributed by atoms with Crippen LogP contribution in [0.25, 0.3) is 17.1 Å². The van der Waals surface area contributed by atoms with Crippen LogP contribution in [0.1, 0.15) is 22.9 Å². The third-order valence-corrected chi connectivity index (χ3v) is 4.98. The summed E-state index contributed by atoms with van der Waals surface area (Å²) in [5, 5.41) is 4.26. The van der Waals surface area contributed by atoms with Crippen LogP contribution in [0.3, 0.4) is 0 Å². The highest BCUT2D eigenvalue weighted by atomic mass is 16.5. The van der Waals surface area contributed by atoms with Gasteiger partial charge in [-0.05, 0) is 47.5 Å². The van der Waals surface area contributed by atoms with E-state index in [1.807, 2.05) is 73.1 Å². The van der Waals surface area contributed by atoms with Crippen LogP contribution in [0.5, 0.6) is 0 Å². The van der Waals surface area contributed by atoms with Crippen LogP contribution >= 0.6 is 0 Å². The molecule has 5 aromatic rings. The SMILES string of the molecule is c1ccc(C(c2ccccc2)c2nc(-c3ccc(-n4cccc4)cc3)no2)cc1. The Labute approximate surface area is 169 Å². The molecule has 4 nitrogen and oxygen atoms in total. The van der Waals surface area contributed by atoms with E-state index < -0.39 is 0 Å². The molecule has 0 saturated carbocycles. The van der Waals surface area contributed by atoms with Crippen molar-refractivity contribution >= 4 is 0 Å². The molecule has 29 heavy (non-hydrogen) atoms. The lowest BCUT2D eigenvalue weighted by atomic mass is 9.91. The molecule has 4 heteroatoms. The van der Waals surface area contributed by atoms with E-state index >= 15 is 0 Å². The van der Waals surface area contributed by atoms with Gasteiger partial charge in [-0.25, -0.2) is 0 Å². The largest absolute Gasteiger partial charge is 0.338 e. The lowest BCUT2D eigenvalue weighted by Crippen LogP contribution is -2.03. The quantitative estimate of drug-likeness (QED) is 0.394. The standard InChI is InChI=1S/C25H19N3O/c1-3-9-19(10-4-1)23(20-11-5-2-6-12-20)25-26-24(27-29-25)21-13-15-22(16-14-21)28-17-7-8-18-28/h1-18,23H. The first-order valence-electron chi connectivity index (χ1n) is 9.56. The summed E-state index contributed by atoms with van der Waals surface area (Å²) in [7, 11) is 0. The van der Waals surface area contributed by atoms with E-state index in [1.165, 1.54) is 0 Å². The summed E-state index contributed by atoms with van der Waals surface area (Å²) in [6.07, 6.45) is 4.04. The van der Waals surface area contributed by atoms with Crippen LogP contribution in [0.15, 0.2) is 114 Å². The second-order valence-corrected chi connectivity index (χ2v) is 6.85.